The van der Waals surface area contributed by atoms with Crippen molar-refractivity contribution in [1.82, 2.24) is 4.31 Å². The van der Waals surface area contributed by atoms with Gasteiger partial charge in [-0.3, -0.25) is 9.59 Å². The summed E-state index contributed by atoms with van der Waals surface area (Å²) in [5.41, 5.74) is 0.00180. The van der Waals surface area contributed by atoms with Crippen LogP contribution in [0.2, 0.25) is 0 Å². The number of ether oxygens (including phenoxy) is 1. The first-order valence-electron chi connectivity index (χ1n) is 12.8. The van der Waals surface area contributed by atoms with E-state index in [2.05, 4.69) is 0 Å². The number of carbonyl (C=O) groups is 2. The summed E-state index contributed by atoms with van der Waals surface area (Å²) in [6.07, 6.45) is -3.77. The Morgan fingerprint density at radius 3 is 2.25 bits per heavy atom. The lowest BCUT2D eigenvalue weighted by molar-refractivity contribution is -0.166. The first-order valence-corrected chi connectivity index (χ1v) is 14.3. The number of allylic oxidation sites excluding steroid dienone is 3. The van der Waals surface area contributed by atoms with Gasteiger partial charge in [0.1, 0.15) is 0 Å². The summed E-state index contributed by atoms with van der Waals surface area (Å²) in [6, 6.07) is 14.1. The topological polar surface area (TPSA) is 101 Å². The fraction of sp³-hybridized carbons (Fsp3) is 0.379. The number of nitrogens with zero attached hydrogens (tertiary/aromatic N) is 1. The van der Waals surface area contributed by atoms with Crippen LogP contribution in [0.1, 0.15) is 44.2 Å². The van der Waals surface area contributed by atoms with Gasteiger partial charge in [0, 0.05) is 25.1 Å². The molecule has 2 aromatic rings. The number of hydrogen-bond acceptors (Lipinski definition) is 5. The molecule has 1 aliphatic rings. The number of morpholine rings is 1. The largest absolute Gasteiger partial charge is 0.481 e. The second-order valence-electron chi connectivity index (χ2n) is 9.53. The summed E-state index contributed by atoms with van der Waals surface area (Å²) in [5, 5.41) is 9.08. The van der Waals surface area contributed by atoms with Crippen LogP contribution in [0, 0.1) is 5.92 Å². The minimum atomic E-state index is -5.20. The van der Waals surface area contributed by atoms with Gasteiger partial charge >= 0.3 is 12.1 Å². The highest BCUT2D eigenvalue weighted by Gasteiger charge is 2.43. The number of ketones is 1. The molecule has 1 aliphatic heterocycles. The van der Waals surface area contributed by atoms with E-state index in [0.717, 1.165) is 0 Å². The second kappa shape index (κ2) is 13.4. The molecule has 0 radical (unpaired) electrons. The first kappa shape index (κ1) is 31.3. The summed E-state index contributed by atoms with van der Waals surface area (Å²) in [4.78, 5) is 24.0. The minimum Gasteiger partial charge on any atom is -0.481 e. The normalized spacial score (nSPS) is 16.8. The van der Waals surface area contributed by atoms with Crippen LogP contribution in [0.4, 0.5) is 13.2 Å². The van der Waals surface area contributed by atoms with Crippen molar-refractivity contribution in [3.05, 3.63) is 76.9 Å². The highest BCUT2D eigenvalue weighted by Crippen LogP contribution is 2.37. The number of benzene rings is 2. The van der Waals surface area contributed by atoms with Crippen LogP contribution < -0.4 is 0 Å². The molecule has 0 aliphatic carbocycles. The van der Waals surface area contributed by atoms with E-state index in [0.29, 0.717) is 5.56 Å². The minimum absolute atomic E-state index is 0.0151. The van der Waals surface area contributed by atoms with Crippen LogP contribution >= 0.6 is 0 Å². The van der Waals surface area contributed by atoms with Gasteiger partial charge in [-0.15, -0.1) is 0 Å². The van der Waals surface area contributed by atoms with E-state index >= 15 is 0 Å². The van der Waals surface area contributed by atoms with E-state index in [9.17, 15) is 31.2 Å². The number of Topliss-reactive ketones (excluding diaryl/α,β-unsaturated/α-hetero) is 1. The van der Waals surface area contributed by atoms with Gasteiger partial charge in [-0.05, 0) is 60.1 Å². The van der Waals surface area contributed by atoms with Gasteiger partial charge in [0.15, 0.2) is 0 Å². The standard InChI is InChI=1S/C29H32F3NO6S/c1-20(9-8-14-26(34)35)24(27(28(36)29(30,31)32)21(2)22-10-4-3-5-11-22)19-23-12-6-7-13-25(23)40(37,38)33-15-17-39-18-16-33/h3-7,10-13,19-20H,8-9,14-18H2,1-2H3,(H,34,35)/b24-19+,27-21-. The average molecular weight is 580 g/mol. The van der Waals surface area contributed by atoms with Gasteiger partial charge in [-0.25, -0.2) is 8.42 Å². The van der Waals surface area contributed by atoms with E-state index in [1.165, 1.54) is 35.5 Å². The smallest absolute Gasteiger partial charge is 0.454 e. The number of halogens is 3. The number of hydrogen-bond donors (Lipinski definition) is 1. The van der Waals surface area contributed by atoms with Crippen LogP contribution in [0.25, 0.3) is 11.6 Å². The Morgan fingerprint density at radius 1 is 1.05 bits per heavy atom. The number of sulfonamides is 1. The van der Waals surface area contributed by atoms with Crippen LogP contribution in [0.15, 0.2) is 70.6 Å². The molecule has 11 heteroatoms. The molecular formula is C29H32F3NO6S. The molecule has 0 amide bonds. The van der Waals surface area contributed by atoms with E-state index < -0.39 is 39.4 Å². The highest BCUT2D eigenvalue weighted by molar-refractivity contribution is 7.89. The van der Waals surface area contributed by atoms with Crippen molar-refractivity contribution in [3.63, 3.8) is 0 Å². The maximum Gasteiger partial charge on any atom is 0.454 e. The molecule has 0 aromatic heterocycles. The molecule has 2 aromatic carbocycles. The number of carboxylic acid groups (broad SMARTS) is 1. The Labute approximate surface area is 232 Å². The predicted molar refractivity (Wildman–Crippen MR) is 145 cm³/mol. The summed E-state index contributed by atoms with van der Waals surface area (Å²) >= 11 is 0. The number of carboxylic acids is 1. The lowest BCUT2D eigenvalue weighted by atomic mass is 9.82. The van der Waals surface area contributed by atoms with E-state index in [1.54, 1.807) is 43.3 Å². The Kier molecular flexibility index (Phi) is 10.5. The van der Waals surface area contributed by atoms with Crippen molar-refractivity contribution >= 4 is 33.4 Å². The third-order valence-corrected chi connectivity index (χ3v) is 8.70. The van der Waals surface area contributed by atoms with Crippen LogP contribution in [-0.4, -0.2) is 62.1 Å². The van der Waals surface area contributed by atoms with Crippen LogP contribution in [0.5, 0.6) is 0 Å². The van der Waals surface area contributed by atoms with Crippen LogP contribution in [-0.2, 0) is 24.3 Å². The molecule has 1 fully saturated rings. The van der Waals surface area contributed by atoms with E-state index in [4.69, 9.17) is 9.84 Å². The molecule has 216 valence electrons. The zero-order valence-corrected chi connectivity index (χ0v) is 23.1. The summed E-state index contributed by atoms with van der Waals surface area (Å²) in [5.74, 6) is -3.82. The third-order valence-electron chi connectivity index (χ3n) is 6.73. The van der Waals surface area contributed by atoms with Crippen molar-refractivity contribution in [1.29, 1.82) is 0 Å². The molecule has 0 bridgehead atoms. The molecule has 40 heavy (non-hydrogen) atoms. The SMILES string of the molecule is C/C(=C(C(=O)C(F)(F)F)\C(=C\c1ccccc1S(=O)(=O)N1CCOCC1)C(C)CCCC(=O)O)c1ccccc1. The number of alkyl halides is 3. The maximum absolute atomic E-state index is 14.0. The molecule has 3 rings (SSSR count). The second-order valence-corrected chi connectivity index (χ2v) is 11.4. The fourth-order valence-electron chi connectivity index (χ4n) is 4.60. The van der Waals surface area contributed by atoms with Gasteiger partial charge in [0.25, 0.3) is 5.78 Å². The zero-order chi connectivity index (χ0) is 29.5. The molecule has 1 heterocycles. The Hall–Kier alpha value is -3.28. The first-order chi connectivity index (χ1) is 18.8. The molecule has 1 N–H and O–H groups in total. The predicted octanol–water partition coefficient (Wildman–Crippen LogP) is 5.59. The lowest BCUT2D eigenvalue weighted by Gasteiger charge is -2.27. The maximum atomic E-state index is 14.0. The van der Waals surface area contributed by atoms with Crippen molar-refractivity contribution in [2.75, 3.05) is 26.3 Å². The van der Waals surface area contributed by atoms with Crippen molar-refractivity contribution < 1.29 is 41.0 Å². The molecule has 0 spiro atoms. The number of carbonyl (C=O) groups excluding carboxylic acids is 1. The monoisotopic (exact) mass is 579 g/mol. The average Bonchev–Trinajstić information content (AvgIpc) is 2.92. The zero-order valence-electron chi connectivity index (χ0n) is 22.3. The Morgan fingerprint density at radius 2 is 1.65 bits per heavy atom. The molecule has 0 saturated carbocycles. The Bertz CT molecular complexity index is 1380. The molecule has 1 atom stereocenters. The van der Waals surface area contributed by atoms with Crippen molar-refractivity contribution in [3.8, 4) is 0 Å². The van der Waals surface area contributed by atoms with Gasteiger partial charge in [-0.1, -0.05) is 55.5 Å². The highest BCUT2D eigenvalue weighted by atomic mass is 32.2. The molecule has 7 nitrogen and oxygen atoms in total. The van der Waals surface area contributed by atoms with Gasteiger partial charge in [-0.2, -0.15) is 17.5 Å². The molecule has 1 unspecified atom stereocenters. The summed E-state index contributed by atoms with van der Waals surface area (Å²) < 4.78 is 75.6. The Balaban J connectivity index is 2.27. The van der Waals surface area contributed by atoms with E-state index in [-0.39, 0.29) is 67.2 Å². The number of aliphatic carboxylic acids is 1. The lowest BCUT2D eigenvalue weighted by Crippen LogP contribution is -2.40. The molecule has 1 saturated heterocycles. The molecular weight excluding hydrogens is 547 g/mol. The third kappa shape index (κ3) is 7.67. The quantitative estimate of drug-likeness (QED) is 0.275. The van der Waals surface area contributed by atoms with Gasteiger partial charge < -0.3 is 9.84 Å². The number of rotatable bonds is 11. The van der Waals surface area contributed by atoms with Crippen LogP contribution in [0.3, 0.4) is 0 Å². The van der Waals surface area contributed by atoms with E-state index in [1.807, 2.05) is 0 Å². The summed E-state index contributed by atoms with van der Waals surface area (Å²) in [6.45, 7) is 3.71. The van der Waals surface area contributed by atoms with Crippen molar-refractivity contribution in [2.24, 2.45) is 5.92 Å². The van der Waals surface area contributed by atoms with Gasteiger partial charge in [0.05, 0.1) is 18.1 Å². The fourth-order valence-corrected chi connectivity index (χ4v) is 6.18. The van der Waals surface area contributed by atoms with Crippen molar-refractivity contribution in [2.45, 2.75) is 44.2 Å². The van der Waals surface area contributed by atoms with Gasteiger partial charge in [0.2, 0.25) is 10.0 Å². The summed E-state index contributed by atoms with van der Waals surface area (Å²) in [7, 11) is -4.03.